The van der Waals surface area contributed by atoms with E-state index in [1.165, 1.54) is 93.0 Å². The second-order valence-electron chi connectivity index (χ2n) is 25.3. The van der Waals surface area contributed by atoms with Crippen LogP contribution in [0, 0.1) is 0 Å². The molecule has 0 amide bonds. The number of para-hydroxylation sites is 4. The lowest BCUT2D eigenvalue weighted by atomic mass is 9.85. The van der Waals surface area contributed by atoms with Crippen molar-refractivity contribution in [2.75, 3.05) is 0 Å². The Balaban J connectivity index is 0.652. The van der Waals surface area contributed by atoms with Gasteiger partial charge < -0.3 is 8.83 Å². The molecule has 4 heterocycles. The first-order valence-electron chi connectivity index (χ1n) is 33.0. The minimum absolute atomic E-state index is 0.826. The molecular formula is C92H56N2O2. The van der Waals surface area contributed by atoms with Crippen LogP contribution in [0.3, 0.4) is 0 Å². The number of hydrogen-bond donors (Lipinski definition) is 0. The maximum absolute atomic E-state index is 7.27. The van der Waals surface area contributed by atoms with E-state index < -0.39 is 0 Å². The van der Waals surface area contributed by atoms with Gasteiger partial charge in [0.1, 0.15) is 11.2 Å². The molecule has 0 spiro atoms. The molecular weight excluding hydrogens is 1170 g/mol. The molecule has 0 saturated carbocycles. The maximum atomic E-state index is 7.27. The van der Waals surface area contributed by atoms with E-state index in [1.807, 2.05) is 0 Å². The van der Waals surface area contributed by atoms with E-state index in [9.17, 15) is 0 Å². The van der Waals surface area contributed by atoms with Crippen molar-refractivity contribution < 1.29 is 8.83 Å². The molecule has 96 heavy (non-hydrogen) atoms. The van der Waals surface area contributed by atoms with Crippen molar-refractivity contribution in [1.29, 1.82) is 0 Å². The highest BCUT2D eigenvalue weighted by Crippen LogP contribution is 2.50. The Bertz CT molecular complexity index is 6400. The zero-order valence-corrected chi connectivity index (χ0v) is 52.0. The van der Waals surface area contributed by atoms with Crippen molar-refractivity contribution in [3.05, 3.63) is 340 Å². The molecule has 0 aliphatic carbocycles. The van der Waals surface area contributed by atoms with E-state index >= 15 is 0 Å². The molecule has 446 valence electrons. The van der Waals surface area contributed by atoms with Crippen LogP contribution < -0.4 is 0 Å². The van der Waals surface area contributed by atoms with Gasteiger partial charge in [0.2, 0.25) is 11.4 Å². The fraction of sp³-hybridized carbons (Fsp3) is 0. The highest BCUT2D eigenvalue weighted by molar-refractivity contribution is 6.27. The van der Waals surface area contributed by atoms with Gasteiger partial charge in [-0.2, -0.15) is 0 Å². The Morgan fingerprint density at radius 3 is 1.03 bits per heavy atom. The van der Waals surface area contributed by atoms with Gasteiger partial charge in [-0.15, -0.1) is 0 Å². The summed E-state index contributed by atoms with van der Waals surface area (Å²) in [5, 5.41) is 16.5. The molecule has 0 bridgehead atoms. The van der Waals surface area contributed by atoms with Crippen LogP contribution in [0.4, 0.5) is 0 Å². The summed E-state index contributed by atoms with van der Waals surface area (Å²) >= 11 is 0. The molecule has 0 unspecified atom stereocenters. The highest BCUT2D eigenvalue weighted by Gasteiger charge is 2.26. The molecule has 4 heteroatoms. The van der Waals surface area contributed by atoms with E-state index in [-0.39, 0.29) is 0 Å². The first kappa shape index (κ1) is 53.9. The second kappa shape index (κ2) is 21.4. The first-order chi connectivity index (χ1) is 47.6. The summed E-state index contributed by atoms with van der Waals surface area (Å²) in [5.74, 6) is 0. The Kier molecular flexibility index (Phi) is 12.0. The second-order valence-corrected chi connectivity index (χ2v) is 25.3. The summed E-state index contributed by atoms with van der Waals surface area (Å²) in [4.78, 5) is 0. The lowest BCUT2D eigenvalue weighted by molar-refractivity contribution is 0.645. The van der Waals surface area contributed by atoms with Crippen molar-refractivity contribution in [2.45, 2.75) is 0 Å². The van der Waals surface area contributed by atoms with Crippen molar-refractivity contribution >= 4 is 109 Å². The Hall–Kier alpha value is -12.8. The molecule has 0 fully saturated rings. The normalized spacial score (nSPS) is 12.0. The minimum atomic E-state index is 0.826. The topological polar surface area (TPSA) is 36.1 Å². The molecule has 20 aromatic rings. The molecule has 0 N–H and O–H groups in total. The van der Waals surface area contributed by atoms with Crippen molar-refractivity contribution in [1.82, 2.24) is 9.13 Å². The summed E-state index contributed by atoms with van der Waals surface area (Å²) in [7, 11) is 0. The smallest absolute Gasteiger partial charge is 0.213 e. The fourth-order valence-electron chi connectivity index (χ4n) is 15.9. The van der Waals surface area contributed by atoms with Crippen LogP contribution in [0.15, 0.2) is 349 Å². The lowest BCUT2D eigenvalue weighted by Gasteiger charge is -2.18. The average molecular weight is 1220 g/mol. The molecule has 4 aromatic heterocycles. The zero-order valence-electron chi connectivity index (χ0n) is 52.0. The van der Waals surface area contributed by atoms with Crippen LogP contribution in [-0.2, 0) is 0 Å². The van der Waals surface area contributed by atoms with Crippen LogP contribution >= 0.6 is 0 Å². The predicted molar refractivity (Wildman–Crippen MR) is 403 cm³/mol. The molecule has 0 aliphatic rings. The molecule has 0 aliphatic heterocycles. The van der Waals surface area contributed by atoms with Crippen molar-refractivity contribution in [2.24, 2.45) is 0 Å². The van der Waals surface area contributed by atoms with Gasteiger partial charge in [-0.3, -0.25) is 9.13 Å². The lowest BCUT2D eigenvalue weighted by Crippen LogP contribution is -1.94. The number of nitrogens with zero attached hydrogens (tertiary/aromatic N) is 2. The summed E-state index contributed by atoms with van der Waals surface area (Å²) in [6, 6.07) is 124. The molecule has 16 aromatic carbocycles. The number of fused-ring (bicyclic) bond motifs is 14. The monoisotopic (exact) mass is 1220 g/mol. The quantitative estimate of drug-likeness (QED) is 0.135. The molecule has 4 nitrogen and oxygen atoms in total. The van der Waals surface area contributed by atoms with Crippen LogP contribution in [-0.4, -0.2) is 9.13 Å². The predicted octanol–water partition coefficient (Wildman–Crippen LogP) is 25.7. The largest absolute Gasteiger partial charge is 0.439 e. The number of benzene rings is 16. The van der Waals surface area contributed by atoms with Crippen LogP contribution in [0.5, 0.6) is 0 Å². The van der Waals surface area contributed by atoms with E-state index in [0.29, 0.717) is 0 Å². The summed E-state index contributed by atoms with van der Waals surface area (Å²) in [6.45, 7) is 0. The summed E-state index contributed by atoms with van der Waals surface area (Å²) in [6.07, 6.45) is 0. The van der Waals surface area contributed by atoms with Gasteiger partial charge in [0.05, 0.1) is 21.8 Å². The maximum Gasteiger partial charge on any atom is 0.213 e. The third-order valence-electron chi connectivity index (χ3n) is 20.1. The van der Waals surface area contributed by atoms with Crippen LogP contribution in [0.2, 0.25) is 0 Å². The Morgan fingerprint density at radius 1 is 0.198 bits per heavy atom. The van der Waals surface area contributed by atoms with E-state index in [0.717, 1.165) is 105 Å². The Morgan fingerprint density at radius 2 is 0.531 bits per heavy atom. The van der Waals surface area contributed by atoms with E-state index in [2.05, 4.69) is 349 Å². The number of furan rings is 2. The SMILES string of the molecule is c1ccc(-c2ccc(-c3c4ccccc4c(-c4ccc5c6c7cccc(-c8ccc(-c9ccc(-c%10c%11ccccc%11c(-c%11ccc%12c(c%11)oc%11c%12c%12ccccc%12n%11-c%11ccccc%11)c%11ccccc%10%11)cc9)cc8)c7oc6n(-c6ccccc6)c5c4)c4ccccc34)cc2)cc1. The standard InChI is InChI=1S/C92H56N2O2/c1-4-21-57(22-5-1)58-41-47-62(48-42-58)84-69-27-10-14-31-73(69)86(74-32-15-11-28-70(74)84)64-51-53-78-82(55-64)94(67-25-8-3-9-26-67)92-89(78)80-37-20-36-68(90(80)96-92)61-45-39-59(40-46-61)60-43-49-63(50-44-60)85-71-29-12-16-33-75(71)87(76-34-17-13-30-72(76)85)65-52-54-79-83(56-65)95-91-88(79)77-35-18-19-38-81(77)93(91)66-23-6-2-7-24-66/h1-56H. The third-order valence-corrected chi connectivity index (χ3v) is 20.1. The van der Waals surface area contributed by atoms with Gasteiger partial charge >= 0.3 is 0 Å². The van der Waals surface area contributed by atoms with Crippen molar-refractivity contribution in [3.63, 3.8) is 0 Å². The molecule has 0 radical (unpaired) electrons. The number of aromatic nitrogens is 2. The average Bonchev–Trinajstić information content (AvgIpc) is 1.45. The first-order valence-corrected chi connectivity index (χ1v) is 33.0. The molecule has 0 atom stereocenters. The number of hydrogen-bond acceptors (Lipinski definition) is 2. The van der Waals surface area contributed by atoms with Gasteiger partial charge in [-0.1, -0.05) is 291 Å². The van der Waals surface area contributed by atoms with Gasteiger partial charge in [-0.25, -0.2) is 0 Å². The summed E-state index contributed by atoms with van der Waals surface area (Å²) < 4.78 is 18.8. The van der Waals surface area contributed by atoms with Gasteiger partial charge in [-0.05, 0) is 164 Å². The summed E-state index contributed by atoms with van der Waals surface area (Å²) in [5.41, 5.74) is 24.2. The van der Waals surface area contributed by atoms with Crippen molar-refractivity contribution in [3.8, 4) is 89.3 Å². The minimum Gasteiger partial charge on any atom is -0.439 e. The third kappa shape index (κ3) is 8.22. The highest BCUT2D eigenvalue weighted by atomic mass is 16.3. The van der Waals surface area contributed by atoms with E-state index in [4.69, 9.17) is 8.83 Å². The van der Waals surface area contributed by atoms with Crippen LogP contribution in [0.25, 0.3) is 198 Å². The van der Waals surface area contributed by atoms with Gasteiger partial charge in [0.15, 0.2) is 0 Å². The van der Waals surface area contributed by atoms with Gasteiger partial charge in [0.25, 0.3) is 0 Å². The zero-order chi connectivity index (χ0) is 63.0. The van der Waals surface area contributed by atoms with E-state index in [1.54, 1.807) is 0 Å². The number of rotatable bonds is 9. The van der Waals surface area contributed by atoms with Crippen LogP contribution in [0.1, 0.15) is 0 Å². The Labute approximate surface area is 552 Å². The molecule has 0 saturated heterocycles. The van der Waals surface area contributed by atoms with Gasteiger partial charge in [0, 0.05) is 38.5 Å². The fourth-order valence-corrected chi connectivity index (χ4v) is 15.9. The molecule has 20 rings (SSSR count).